The van der Waals surface area contributed by atoms with Crippen molar-refractivity contribution >= 4 is 78.0 Å². The zero-order valence-corrected chi connectivity index (χ0v) is 24.4. The smallest absolute Gasteiger partial charge is 0.337 e. The van der Waals surface area contributed by atoms with Crippen molar-refractivity contribution in [2.75, 3.05) is 50.3 Å². The van der Waals surface area contributed by atoms with Crippen LogP contribution in [-0.4, -0.2) is 57.5 Å². The first-order chi connectivity index (χ1) is 18.1. The minimum Gasteiger partial charge on any atom is -0.465 e. The van der Waals surface area contributed by atoms with E-state index in [4.69, 9.17) is 4.74 Å². The van der Waals surface area contributed by atoms with Crippen molar-refractivity contribution in [1.82, 2.24) is 4.90 Å². The summed E-state index contributed by atoms with van der Waals surface area (Å²) in [5, 5.41) is 6.29. The number of nitrogens with one attached hydrogen (secondary N) is 2. The first kappa shape index (κ1) is 27.6. The molecule has 196 valence electrons. The number of carbonyl (C=O) groups is 3. The summed E-state index contributed by atoms with van der Waals surface area (Å²) in [6.45, 7) is 0.270. The van der Waals surface area contributed by atoms with Gasteiger partial charge in [0.2, 0.25) is 5.91 Å². The Hall–Kier alpha value is -3.47. The summed E-state index contributed by atoms with van der Waals surface area (Å²) in [7, 11) is 6.72. The van der Waals surface area contributed by atoms with Crippen molar-refractivity contribution in [2.24, 2.45) is 0 Å². The average Bonchev–Trinajstić information content (AvgIpc) is 3.21. The Labute approximate surface area is 237 Å². The predicted octanol–water partition coefficient (Wildman–Crippen LogP) is 5.46. The highest BCUT2D eigenvalue weighted by Crippen LogP contribution is 2.41. The highest BCUT2D eigenvalue weighted by Gasteiger charge is 2.29. The number of fused-ring (bicyclic) bond motifs is 1. The number of methoxy groups -OCH3 is 1. The first-order valence-electron chi connectivity index (χ1n) is 11.6. The van der Waals surface area contributed by atoms with E-state index in [9.17, 15) is 14.4 Å². The molecule has 0 radical (unpaired) electrons. The number of anilines is 3. The Morgan fingerprint density at radius 1 is 0.947 bits per heavy atom. The van der Waals surface area contributed by atoms with E-state index in [0.717, 1.165) is 5.56 Å². The van der Waals surface area contributed by atoms with Gasteiger partial charge in [0.25, 0.3) is 5.91 Å². The van der Waals surface area contributed by atoms with E-state index in [1.54, 1.807) is 30.1 Å². The molecule has 0 spiro atoms. The van der Waals surface area contributed by atoms with Gasteiger partial charge in [-0.15, -0.1) is 0 Å². The number of nitrogens with zero attached hydrogens (tertiary/aromatic N) is 2. The van der Waals surface area contributed by atoms with E-state index in [1.807, 2.05) is 61.5 Å². The number of hydrogen-bond acceptors (Lipinski definition) is 6. The fraction of sp³-hybridized carbons (Fsp3) is 0.179. The Morgan fingerprint density at radius 2 is 1.61 bits per heavy atom. The molecule has 0 aliphatic carbocycles. The fourth-order valence-electron chi connectivity index (χ4n) is 4.15. The van der Waals surface area contributed by atoms with Crippen LogP contribution in [0.15, 0.2) is 69.6 Å². The second kappa shape index (κ2) is 11.5. The van der Waals surface area contributed by atoms with Crippen molar-refractivity contribution in [3.05, 3.63) is 86.3 Å². The van der Waals surface area contributed by atoms with Crippen LogP contribution < -0.4 is 15.5 Å². The van der Waals surface area contributed by atoms with Crippen LogP contribution in [-0.2, 0) is 14.3 Å². The monoisotopic (exact) mass is 640 g/mol. The van der Waals surface area contributed by atoms with Crippen LogP contribution >= 0.6 is 31.9 Å². The van der Waals surface area contributed by atoms with E-state index < -0.39 is 5.97 Å². The van der Waals surface area contributed by atoms with Gasteiger partial charge in [0, 0.05) is 27.2 Å². The largest absolute Gasteiger partial charge is 0.465 e. The molecule has 38 heavy (non-hydrogen) atoms. The average molecular weight is 642 g/mol. The van der Waals surface area contributed by atoms with Gasteiger partial charge in [-0.2, -0.15) is 0 Å². The number of hydrogen-bond donors (Lipinski definition) is 2. The number of halogens is 2. The topological polar surface area (TPSA) is 91.0 Å². The van der Waals surface area contributed by atoms with Crippen molar-refractivity contribution in [1.29, 1.82) is 0 Å². The van der Waals surface area contributed by atoms with E-state index in [2.05, 4.69) is 42.5 Å². The summed E-state index contributed by atoms with van der Waals surface area (Å²) >= 11 is 7.22. The van der Waals surface area contributed by atoms with Gasteiger partial charge in [-0.3, -0.25) is 9.59 Å². The fourth-order valence-corrected chi connectivity index (χ4v) is 5.87. The number of benzene rings is 3. The van der Waals surface area contributed by atoms with E-state index in [1.165, 1.54) is 7.11 Å². The van der Waals surface area contributed by atoms with Crippen LogP contribution in [0, 0.1) is 0 Å². The third-order valence-electron chi connectivity index (χ3n) is 5.94. The van der Waals surface area contributed by atoms with Gasteiger partial charge in [0.15, 0.2) is 0 Å². The number of likely N-dealkylation sites (N-methyl/N-ethyl adjacent to an activating group) is 2. The molecule has 3 aromatic rings. The molecule has 0 bridgehead atoms. The van der Waals surface area contributed by atoms with E-state index >= 15 is 0 Å². The number of ether oxygens (including phenoxy) is 1. The molecule has 0 saturated carbocycles. The molecule has 0 aromatic heterocycles. The third kappa shape index (κ3) is 5.67. The second-order valence-electron chi connectivity index (χ2n) is 8.93. The molecule has 0 unspecified atom stereocenters. The molecular weight excluding hydrogens is 616 g/mol. The van der Waals surface area contributed by atoms with E-state index in [0.29, 0.717) is 48.4 Å². The van der Waals surface area contributed by atoms with Gasteiger partial charge >= 0.3 is 5.97 Å². The Bertz CT molecular complexity index is 1430. The highest BCUT2D eigenvalue weighted by atomic mass is 79.9. The number of amides is 2. The molecule has 0 saturated heterocycles. The molecule has 2 N–H and O–H groups in total. The maximum absolute atomic E-state index is 13.2. The lowest BCUT2D eigenvalue weighted by atomic mass is 9.99. The standard InChI is InChI=1S/C28H26Br2N4O4/c1-33(2)15-23(35)34(3)26-20(29)13-18(14-21(26)30)31-25(16-8-6-5-7-9-16)24-19-11-10-17(28(37)38-4)12-22(19)32-27(24)36/h5-14,31H,15H2,1-4H3,(H,32,36)/b25-24-. The van der Waals surface area contributed by atoms with E-state index in [-0.39, 0.29) is 18.4 Å². The maximum atomic E-state index is 13.2. The van der Waals surface area contributed by atoms with Crippen LogP contribution in [0.2, 0.25) is 0 Å². The molecule has 0 atom stereocenters. The van der Waals surface area contributed by atoms with Gasteiger partial charge in [0.05, 0.1) is 41.9 Å². The van der Waals surface area contributed by atoms with Crippen molar-refractivity contribution in [3.63, 3.8) is 0 Å². The molecule has 1 aliphatic rings. The Morgan fingerprint density at radius 3 is 2.21 bits per heavy atom. The van der Waals surface area contributed by atoms with Gasteiger partial charge in [-0.1, -0.05) is 36.4 Å². The summed E-state index contributed by atoms with van der Waals surface area (Å²) in [6, 6.07) is 18.2. The highest BCUT2D eigenvalue weighted by molar-refractivity contribution is 9.11. The van der Waals surface area contributed by atoms with Crippen molar-refractivity contribution in [3.8, 4) is 0 Å². The predicted molar refractivity (Wildman–Crippen MR) is 157 cm³/mol. The molecule has 0 fully saturated rings. The van der Waals surface area contributed by atoms with Crippen molar-refractivity contribution < 1.29 is 19.1 Å². The lowest BCUT2D eigenvalue weighted by molar-refractivity contribution is -0.119. The summed E-state index contributed by atoms with van der Waals surface area (Å²) in [5.41, 5.74) is 4.76. The molecule has 3 aromatic carbocycles. The van der Waals surface area contributed by atoms with Gasteiger partial charge in [-0.05, 0) is 75.8 Å². The normalized spacial score (nSPS) is 13.6. The molecule has 4 rings (SSSR count). The minimum atomic E-state index is -0.482. The molecule has 10 heteroatoms. The Balaban J connectivity index is 1.79. The zero-order chi connectivity index (χ0) is 27.6. The summed E-state index contributed by atoms with van der Waals surface area (Å²) in [6.07, 6.45) is 0. The lowest BCUT2D eigenvalue weighted by Crippen LogP contribution is -2.35. The second-order valence-corrected chi connectivity index (χ2v) is 10.6. The zero-order valence-electron chi connectivity index (χ0n) is 21.3. The molecule has 1 aliphatic heterocycles. The van der Waals surface area contributed by atoms with Crippen LogP contribution in [0.5, 0.6) is 0 Å². The number of carbonyl (C=O) groups excluding carboxylic acids is 3. The summed E-state index contributed by atoms with van der Waals surface area (Å²) in [5.74, 6) is -0.836. The lowest BCUT2D eigenvalue weighted by Gasteiger charge is -2.23. The summed E-state index contributed by atoms with van der Waals surface area (Å²) < 4.78 is 6.21. The number of esters is 1. The Kier molecular flexibility index (Phi) is 8.35. The SMILES string of the molecule is COC(=O)c1ccc2c(c1)NC(=O)/C2=C(\Nc1cc(Br)c(N(C)C(=O)CN(C)C)c(Br)c1)c1ccccc1. The van der Waals surface area contributed by atoms with Crippen LogP contribution in [0.25, 0.3) is 11.3 Å². The third-order valence-corrected chi connectivity index (χ3v) is 7.15. The van der Waals surface area contributed by atoms with Crippen LogP contribution in [0.3, 0.4) is 0 Å². The van der Waals surface area contributed by atoms with Crippen molar-refractivity contribution in [2.45, 2.75) is 0 Å². The maximum Gasteiger partial charge on any atom is 0.337 e. The minimum absolute atomic E-state index is 0.0604. The van der Waals surface area contributed by atoms with Gasteiger partial charge in [-0.25, -0.2) is 4.79 Å². The molecule has 2 amide bonds. The molecule has 8 nitrogen and oxygen atoms in total. The van der Waals surface area contributed by atoms with Crippen LogP contribution in [0.4, 0.5) is 17.1 Å². The summed E-state index contributed by atoms with van der Waals surface area (Å²) in [4.78, 5) is 41.3. The van der Waals surface area contributed by atoms with Gasteiger partial charge < -0.3 is 25.2 Å². The quantitative estimate of drug-likeness (QED) is 0.263. The first-order valence-corrected chi connectivity index (χ1v) is 13.2. The van der Waals surface area contributed by atoms with Crippen LogP contribution in [0.1, 0.15) is 21.5 Å². The molecule has 1 heterocycles. The van der Waals surface area contributed by atoms with Gasteiger partial charge in [0.1, 0.15) is 0 Å². The molecular formula is C28H26Br2N4O4. The number of rotatable bonds is 7.